The number of hydrogen-bond donors (Lipinski definition) is 2. The molecule has 124 valence electrons. The molecule has 1 aromatic heterocycles. The summed E-state index contributed by atoms with van der Waals surface area (Å²) in [5.41, 5.74) is 4.36. The Balaban J connectivity index is 1.69. The van der Waals surface area contributed by atoms with Gasteiger partial charge in [-0.2, -0.15) is 0 Å². The molecule has 0 unspecified atom stereocenters. The predicted octanol–water partition coefficient (Wildman–Crippen LogP) is 2.16. The lowest BCUT2D eigenvalue weighted by atomic mass is 9.96. The van der Waals surface area contributed by atoms with E-state index in [2.05, 4.69) is 33.4 Å². The number of imidazole rings is 1. The first kappa shape index (κ1) is 16.0. The summed E-state index contributed by atoms with van der Waals surface area (Å²) in [5, 5.41) is 13.5. The molecule has 3 rings (SSSR count). The third-order valence-corrected chi connectivity index (χ3v) is 4.17. The van der Waals surface area contributed by atoms with Crippen molar-refractivity contribution in [2.45, 2.75) is 39.0 Å². The second-order valence-corrected chi connectivity index (χ2v) is 7.10. The van der Waals surface area contributed by atoms with E-state index in [0.717, 1.165) is 31.7 Å². The van der Waals surface area contributed by atoms with E-state index < -0.39 is 5.60 Å². The van der Waals surface area contributed by atoms with Crippen LogP contribution in [0.2, 0.25) is 0 Å². The number of anilines is 1. The first-order valence-electron chi connectivity index (χ1n) is 8.17. The van der Waals surface area contributed by atoms with Gasteiger partial charge in [0.15, 0.2) is 0 Å². The lowest BCUT2D eigenvalue weighted by Gasteiger charge is -2.34. The summed E-state index contributed by atoms with van der Waals surface area (Å²) in [6, 6.07) is 6.44. The fraction of sp³-hybridized carbons (Fsp3) is 0.500. The molecule has 0 saturated carbocycles. The van der Waals surface area contributed by atoms with E-state index in [4.69, 9.17) is 0 Å². The van der Waals surface area contributed by atoms with Crippen molar-refractivity contribution in [3.05, 3.63) is 47.5 Å². The Hall–Kier alpha value is -1.85. The summed E-state index contributed by atoms with van der Waals surface area (Å²) in [6.45, 7) is 7.07. The average molecular weight is 314 g/mol. The minimum absolute atomic E-state index is 0.646. The van der Waals surface area contributed by atoms with E-state index in [0.29, 0.717) is 6.54 Å². The number of hydrogen-bond acceptors (Lipinski definition) is 4. The third-order valence-electron chi connectivity index (χ3n) is 4.17. The van der Waals surface area contributed by atoms with E-state index in [1.54, 1.807) is 0 Å². The highest BCUT2D eigenvalue weighted by Gasteiger charge is 2.23. The number of nitrogens with one attached hydrogen (secondary N) is 1. The lowest BCUT2D eigenvalue weighted by molar-refractivity contribution is 0.0318. The van der Waals surface area contributed by atoms with Gasteiger partial charge in [0.25, 0.3) is 0 Å². The van der Waals surface area contributed by atoms with Gasteiger partial charge in [0, 0.05) is 38.6 Å². The van der Waals surface area contributed by atoms with Crippen LogP contribution in [0.15, 0.2) is 30.7 Å². The van der Waals surface area contributed by atoms with Gasteiger partial charge >= 0.3 is 0 Å². The summed E-state index contributed by atoms with van der Waals surface area (Å²) >= 11 is 0. The molecule has 1 aromatic carbocycles. The average Bonchev–Trinajstić information content (AvgIpc) is 2.88. The molecule has 0 atom stereocenters. The molecular weight excluding hydrogens is 288 g/mol. The van der Waals surface area contributed by atoms with Gasteiger partial charge in [-0.1, -0.05) is 12.1 Å². The van der Waals surface area contributed by atoms with Gasteiger partial charge in [-0.25, -0.2) is 4.98 Å². The maximum atomic E-state index is 10.0. The molecule has 0 radical (unpaired) electrons. The van der Waals surface area contributed by atoms with Gasteiger partial charge in [0.1, 0.15) is 0 Å². The molecule has 0 saturated heterocycles. The number of aryl methyl sites for hydroxylation is 1. The van der Waals surface area contributed by atoms with Gasteiger partial charge < -0.3 is 15.0 Å². The Morgan fingerprint density at radius 1 is 1.35 bits per heavy atom. The van der Waals surface area contributed by atoms with Crippen LogP contribution in [0.1, 0.15) is 30.7 Å². The number of β-amino-alcohol motifs (C(OH)–C–C–N with tert-alkyl or cyclic N) is 1. The van der Waals surface area contributed by atoms with E-state index in [1.807, 2.05) is 38.0 Å². The van der Waals surface area contributed by atoms with Crippen LogP contribution >= 0.6 is 0 Å². The third kappa shape index (κ3) is 4.12. The van der Waals surface area contributed by atoms with Crippen molar-refractivity contribution in [1.29, 1.82) is 0 Å². The van der Waals surface area contributed by atoms with Crippen LogP contribution in [0.3, 0.4) is 0 Å². The van der Waals surface area contributed by atoms with Crippen molar-refractivity contribution in [3.63, 3.8) is 0 Å². The van der Waals surface area contributed by atoms with Crippen molar-refractivity contribution in [3.8, 4) is 0 Å². The van der Waals surface area contributed by atoms with Crippen molar-refractivity contribution in [2.24, 2.45) is 7.05 Å². The van der Waals surface area contributed by atoms with Crippen LogP contribution < -0.4 is 5.32 Å². The van der Waals surface area contributed by atoms with Crippen LogP contribution in [-0.4, -0.2) is 38.2 Å². The molecule has 2 heterocycles. The highest BCUT2D eigenvalue weighted by molar-refractivity contribution is 5.55. The van der Waals surface area contributed by atoms with Gasteiger partial charge in [-0.3, -0.25) is 4.90 Å². The Bertz CT molecular complexity index is 672. The largest absolute Gasteiger partial charge is 0.389 e. The van der Waals surface area contributed by atoms with Crippen LogP contribution in [0.5, 0.6) is 0 Å². The van der Waals surface area contributed by atoms with E-state index >= 15 is 0 Å². The Morgan fingerprint density at radius 2 is 2.17 bits per heavy atom. The molecule has 0 spiro atoms. The standard InChI is InChI=1S/C18H26N4O/c1-18(2,23)12-22-8-7-16-14(10-22)5-4-6-17(16)19-9-15-11-21(3)13-20-15/h4-6,11,13,19,23H,7-10,12H2,1-3H3. The molecule has 0 bridgehead atoms. The van der Waals surface area contributed by atoms with Gasteiger partial charge in [0.2, 0.25) is 0 Å². The summed E-state index contributed by atoms with van der Waals surface area (Å²) in [5.74, 6) is 0. The van der Waals surface area contributed by atoms with Crippen molar-refractivity contribution < 1.29 is 5.11 Å². The quantitative estimate of drug-likeness (QED) is 0.888. The monoisotopic (exact) mass is 314 g/mol. The number of benzene rings is 1. The van der Waals surface area contributed by atoms with Crippen molar-refractivity contribution >= 4 is 5.69 Å². The topological polar surface area (TPSA) is 53.3 Å². The molecule has 0 amide bonds. The normalized spacial score (nSPS) is 15.5. The zero-order chi connectivity index (χ0) is 16.4. The fourth-order valence-electron chi connectivity index (χ4n) is 3.26. The Labute approximate surface area is 138 Å². The molecule has 1 aliphatic heterocycles. The lowest BCUT2D eigenvalue weighted by Crippen LogP contribution is -2.41. The zero-order valence-corrected chi connectivity index (χ0v) is 14.2. The van der Waals surface area contributed by atoms with Crippen molar-refractivity contribution in [1.82, 2.24) is 14.5 Å². The Kier molecular flexibility index (Phi) is 4.41. The second kappa shape index (κ2) is 6.34. The first-order chi connectivity index (χ1) is 10.9. The molecule has 0 aliphatic carbocycles. The molecule has 2 N–H and O–H groups in total. The molecule has 23 heavy (non-hydrogen) atoms. The smallest absolute Gasteiger partial charge is 0.0947 e. The van der Waals surface area contributed by atoms with Gasteiger partial charge in [0.05, 0.1) is 24.2 Å². The van der Waals surface area contributed by atoms with Gasteiger partial charge in [-0.15, -0.1) is 0 Å². The predicted molar refractivity (Wildman–Crippen MR) is 92.3 cm³/mol. The summed E-state index contributed by atoms with van der Waals surface area (Å²) in [7, 11) is 1.98. The highest BCUT2D eigenvalue weighted by Crippen LogP contribution is 2.27. The van der Waals surface area contributed by atoms with Crippen LogP contribution in [0.25, 0.3) is 0 Å². The number of aliphatic hydroxyl groups is 1. The number of nitrogens with zero attached hydrogens (tertiary/aromatic N) is 3. The number of aromatic nitrogens is 2. The van der Waals surface area contributed by atoms with E-state index in [9.17, 15) is 5.11 Å². The highest BCUT2D eigenvalue weighted by atomic mass is 16.3. The molecule has 5 heteroatoms. The zero-order valence-electron chi connectivity index (χ0n) is 14.2. The number of fused-ring (bicyclic) bond motifs is 1. The van der Waals surface area contributed by atoms with E-state index in [-0.39, 0.29) is 0 Å². The van der Waals surface area contributed by atoms with Crippen LogP contribution in [0, 0.1) is 0 Å². The fourth-order valence-corrected chi connectivity index (χ4v) is 3.26. The SMILES string of the molecule is Cn1cnc(CNc2cccc3c2CCN(CC(C)(C)O)C3)c1. The number of rotatable bonds is 5. The maximum Gasteiger partial charge on any atom is 0.0947 e. The molecule has 1 aliphatic rings. The minimum atomic E-state index is -0.646. The molecule has 0 fully saturated rings. The van der Waals surface area contributed by atoms with Crippen molar-refractivity contribution in [2.75, 3.05) is 18.4 Å². The summed E-state index contributed by atoms with van der Waals surface area (Å²) in [6.07, 6.45) is 4.87. The molecule has 2 aromatic rings. The Morgan fingerprint density at radius 3 is 2.87 bits per heavy atom. The second-order valence-electron chi connectivity index (χ2n) is 7.10. The van der Waals surface area contributed by atoms with Crippen LogP contribution in [-0.2, 0) is 26.6 Å². The van der Waals surface area contributed by atoms with Crippen LogP contribution in [0.4, 0.5) is 5.69 Å². The minimum Gasteiger partial charge on any atom is -0.389 e. The molecular formula is C18H26N4O. The van der Waals surface area contributed by atoms with E-state index in [1.165, 1.54) is 16.8 Å². The van der Waals surface area contributed by atoms with Gasteiger partial charge in [-0.05, 0) is 37.5 Å². The summed E-state index contributed by atoms with van der Waals surface area (Å²) < 4.78 is 1.96. The molecule has 5 nitrogen and oxygen atoms in total. The maximum absolute atomic E-state index is 10.0. The summed E-state index contributed by atoms with van der Waals surface area (Å²) in [4.78, 5) is 6.68. The first-order valence-corrected chi connectivity index (χ1v) is 8.17.